The van der Waals surface area contributed by atoms with Crippen LogP contribution < -0.4 is 10.6 Å². The molecule has 5 heteroatoms. The first-order valence-corrected chi connectivity index (χ1v) is 6.94. The number of aryl methyl sites for hydroxylation is 2. The summed E-state index contributed by atoms with van der Waals surface area (Å²) in [6.07, 6.45) is 0. The predicted molar refractivity (Wildman–Crippen MR) is 84.7 cm³/mol. The normalized spacial score (nSPS) is 10.5. The minimum atomic E-state index is -0.240. The summed E-state index contributed by atoms with van der Waals surface area (Å²) < 4.78 is 0. The standard InChI is InChI=1S/C16H20N4O/c1-10(2)17-15-9-14(18-12(4)19-15)16(21)20-13-7-5-11(3)6-8-13/h5-10H,1-4H3,(H,20,21)(H,17,18,19). The van der Waals surface area contributed by atoms with E-state index in [4.69, 9.17) is 0 Å². The number of carbonyl (C=O) groups excluding carboxylic acids is 1. The highest BCUT2D eigenvalue weighted by atomic mass is 16.1. The maximum atomic E-state index is 12.3. The zero-order valence-corrected chi connectivity index (χ0v) is 12.8. The van der Waals surface area contributed by atoms with E-state index in [0.29, 0.717) is 17.3 Å². The van der Waals surface area contributed by atoms with Crippen molar-refractivity contribution in [2.45, 2.75) is 33.7 Å². The van der Waals surface area contributed by atoms with Crippen LogP contribution in [0.5, 0.6) is 0 Å². The molecule has 0 saturated heterocycles. The number of rotatable bonds is 4. The molecular formula is C16H20N4O. The lowest BCUT2D eigenvalue weighted by molar-refractivity contribution is 0.102. The average Bonchev–Trinajstić information content (AvgIpc) is 2.40. The highest BCUT2D eigenvalue weighted by molar-refractivity contribution is 6.03. The van der Waals surface area contributed by atoms with Gasteiger partial charge in [-0.1, -0.05) is 17.7 Å². The average molecular weight is 284 g/mol. The molecule has 0 radical (unpaired) electrons. The molecule has 1 aromatic carbocycles. The van der Waals surface area contributed by atoms with Crippen LogP contribution in [0.15, 0.2) is 30.3 Å². The van der Waals surface area contributed by atoms with Crippen LogP contribution in [0.1, 0.15) is 35.7 Å². The second-order valence-electron chi connectivity index (χ2n) is 5.30. The van der Waals surface area contributed by atoms with Crippen molar-refractivity contribution in [1.29, 1.82) is 0 Å². The Labute approximate surface area is 124 Å². The quantitative estimate of drug-likeness (QED) is 0.905. The third kappa shape index (κ3) is 4.27. The Morgan fingerprint density at radius 2 is 1.76 bits per heavy atom. The fourth-order valence-electron chi connectivity index (χ4n) is 1.89. The summed E-state index contributed by atoms with van der Waals surface area (Å²) in [5, 5.41) is 6.02. The van der Waals surface area contributed by atoms with E-state index in [1.807, 2.05) is 45.0 Å². The number of nitrogens with zero attached hydrogens (tertiary/aromatic N) is 2. The first kappa shape index (κ1) is 15.0. The van der Waals surface area contributed by atoms with Crippen molar-refractivity contribution in [3.8, 4) is 0 Å². The van der Waals surface area contributed by atoms with E-state index < -0.39 is 0 Å². The summed E-state index contributed by atoms with van der Waals surface area (Å²) in [5.74, 6) is 0.984. The Bertz CT molecular complexity index is 635. The molecular weight excluding hydrogens is 264 g/mol. The van der Waals surface area contributed by atoms with E-state index in [1.54, 1.807) is 13.0 Å². The molecule has 0 aliphatic heterocycles. The number of hydrogen-bond donors (Lipinski definition) is 2. The molecule has 2 N–H and O–H groups in total. The zero-order valence-electron chi connectivity index (χ0n) is 12.8. The van der Waals surface area contributed by atoms with Gasteiger partial charge >= 0.3 is 0 Å². The largest absolute Gasteiger partial charge is 0.368 e. The Kier molecular flexibility index (Phi) is 4.52. The van der Waals surface area contributed by atoms with Gasteiger partial charge in [0.05, 0.1) is 0 Å². The Hall–Kier alpha value is -2.43. The van der Waals surface area contributed by atoms with E-state index in [1.165, 1.54) is 0 Å². The van der Waals surface area contributed by atoms with Gasteiger partial charge in [0.15, 0.2) is 0 Å². The number of nitrogens with one attached hydrogen (secondary N) is 2. The molecule has 1 amide bonds. The fourth-order valence-corrected chi connectivity index (χ4v) is 1.89. The smallest absolute Gasteiger partial charge is 0.274 e. The number of benzene rings is 1. The van der Waals surface area contributed by atoms with E-state index >= 15 is 0 Å². The number of aromatic nitrogens is 2. The van der Waals surface area contributed by atoms with Gasteiger partial charge in [-0.05, 0) is 39.8 Å². The number of hydrogen-bond acceptors (Lipinski definition) is 4. The van der Waals surface area contributed by atoms with E-state index in [0.717, 1.165) is 11.3 Å². The highest BCUT2D eigenvalue weighted by Crippen LogP contribution is 2.12. The topological polar surface area (TPSA) is 66.9 Å². The van der Waals surface area contributed by atoms with Crippen LogP contribution in [-0.4, -0.2) is 21.9 Å². The highest BCUT2D eigenvalue weighted by Gasteiger charge is 2.11. The second-order valence-corrected chi connectivity index (χ2v) is 5.30. The lowest BCUT2D eigenvalue weighted by atomic mass is 10.2. The maximum Gasteiger partial charge on any atom is 0.274 e. The fraction of sp³-hybridized carbons (Fsp3) is 0.312. The van der Waals surface area contributed by atoms with Crippen molar-refractivity contribution in [3.05, 3.63) is 47.4 Å². The van der Waals surface area contributed by atoms with Crippen molar-refractivity contribution >= 4 is 17.4 Å². The predicted octanol–water partition coefficient (Wildman–Crippen LogP) is 3.17. The molecule has 2 rings (SSSR count). The van der Waals surface area contributed by atoms with Crippen LogP contribution in [0, 0.1) is 13.8 Å². The minimum absolute atomic E-state index is 0.240. The molecule has 0 unspecified atom stereocenters. The van der Waals surface area contributed by atoms with E-state index in [2.05, 4.69) is 20.6 Å². The first-order chi connectivity index (χ1) is 9.94. The minimum Gasteiger partial charge on any atom is -0.368 e. The molecule has 1 heterocycles. The molecule has 1 aromatic heterocycles. The third-order valence-electron chi connectivity index (χ3n) is 2.82. The molecule has 0 fully saturated rings. The van der Waals surface area contributed by atoms with E-state index in [-0.39, 0.29) is 11.9 Å². The second kappa shape index (κ2) is 6.35. The van der Waals surface area contributed by atoms with Crippen LogP contribution in [0.4, 0.5) is 11.5 Å². The molecule has 5 nitrogen and oxygen atoms in total. The van der Waals surface area contributed by atoms with Crippen molar-refractivity contribution < 1.29 is 4.79 Å². The summed E-state index contributed by atoms with van der Waals surface area (Å²) in [4.78, 5) is 20.7. The molecule has 0 aliphatic rings. The SMILES string of the molecule is Cc1ccc(NC(=O)c2cc(NC(C)C)nc(C)n2)cc1. The molecule has 2 aromatic rings. The molecule has 0 spiro atoms. The Morgan fingerprint density at radius 3 is 2.38 bits per heavy atom. The molecule has 0 bridgehead atoms. The number of carbonyl (C=O) groups is 1. The summed E-state index contributed by atoms with van der Waals surface area (Å²) >= 11 is 0. The molecule has 0 aliphatic carbocycles. The van der Waals surface area contributed by atoms with Gasteiger partial charge in [0, 0.05) is 17.8 Å². The lowest BCUT2D eigenvalue weighted by Gasteiger charge is -2.11. The van der Waals surface area contributed by atoms with Crippen LogP contribution in [0.25, 0.3) is 0 Å². The number of anilines is 2. The van der Waals surface area contributed by atoms with Gasteiger partial charge in [-0.2, -0.15) is 0 Å². The van der Waals surface area contributed by atoms with Crippen molar-refractivity contribution in [2.75, 3.05) is 10.6 Å². The van der Waals surface area contributed by atoms with Crippen LogP contribution >= 0.6 is 0 Å². The maximum absolute atomic E-state index is 12.3. The van der Waals surface area contributed by atoms with Crippen LogP contribution in [0.3, 0.4) is 0 Å². The summed E-state index contributed by atoms with van der Waals surface area (Å²) in [6, 6.07) is 9.55. The van der Waals surface area contributed by atoms with Crippen molar-refractivity contribution in [2.24, 2.45) is 0 Å². The Morgan fingerprint density at radius 1 is 1.10 bits per heavy atom. The lowest BCUT2D eigenvalue weighted by Crippen LogP contribution is -2.17. The number of amides is 1. The van der Waals surface area contributed by atoms with Gasteiger partial charge in [0.2, 0.25) is 0 Å². The van der Waals surface area contributed by atoms with Crippen LogP contribution in [0.2, 0.25) is 0 Å². The van der Waals surface area contributed by atoms with Gasteiger partial charge in [-0.3, -0.25) is 4.79 Å². The monoisotopic (exact) mass is 284 g/mol. The molecule has 0 saturated carbocycles. The summed E-state index contributed by atoms with van der Waals surface area (Å²) in [7, 11) is 0. The van der Waals surface area contributed by atoms with E-state index in [9.17, 15) is 4.79 Å². The van der Waals surface area contributed by atoms with Gasteiger partial charge in [-0.25, -0.2) is 9.97 Å². The summed E-state index contributed by atoms with van der Waals surface area (Å²) in [5.41, 5.74) is 2.25. The molecule has 0 atom stereocenters. The van der Waals surface area contributed by atoms with Crippen molar-refractivity contribution in [1.82, 2.24) is 9.97 Å². The van der Waals surface area contributed by atoms with Gasteiger partial charge < -0.3 is 10.6 Å². The Balaban J connectivity index is 2.18. The van der Waals surface area contributed by atoms with Crippen molar-refractivity contribution in [3.63, 3.8) is 0 Å². The van der Waals surface area contributed by atoms with Crippen LogP contribution in [-0.2, 0) is 0 Å². The summed E-state index contributed by atoms with van der Waals surface area (Å²) in [6.45, 7) is 7.81. The molecule has 110 valence electrons. The van der Waals surface area contributed by atoms with Gasteiger partial charge in [-0.15, -0.1) is 0 Å². The zero-order chi connectivity index (χ0) is 15.4. The third-order valence-corrected chi connectivity index (χ3v) is 2.82. The first-order valence-electron chi connectivity index (χ1n) is 6.94. The van der Waals surface area contributed by atoms with Gasteiger partial charge in [0.1, 0.15) is 17.3 Å². The van der Waals surface area contributed by atoms with Gasteiger partial charge in [0.25, 0.3) is 5.91 Å². The molecule has 21 heavy (non-hydrogen) atoms.